The number of rotatable bonds is 2. The highest BCUT2D eigenvalue weighted by Gasteiger charge is 2.07. The number of nitriles is 1. The maximum atomic E-state index is 12.8. The van der Waals surface area contributed by atoms with Crippen LogP contribution in [-0.2, 0) is 0 Å². The summed E-state index contributed by atoms with van der Waals surface area (Å²) in [7, 11) is 0. The minimum absolute atomic E-state index is 0.153. The fourth-order valence-corrected chi connectivity index (χ4v) is 1.24. The molecule has 0 amide bonds. The Labute approximate surface area is 80.7 Å². The van der Waals surface area contributed by atoms with Crippen molar-refractivity contribution in [1.82, 2.24) is 0 Å². The van der Waals surface area contributed by atoms with Gasteiger partial charge in [-0.1, -0.05) is 11.6 Å². The van der Waals surface area contributed by atoms with E-state index in [0.29, 0.717) is 10.6 Å². The molecule has 1 aromatic carbocycles. The number of benzene rings is 1. The largest absolute Gasteiger partial charge is 0.323 e. The number of hydrogen-bond acceptors (Lipinski definition) is 2. The molecule has 0 fully saturated rings. The molecule has 0 saturated carbocycles. The summed E-state index contributed by atoms with van der Waals surface area (Å²) in [5.74, 6) is -0.434. The third kappa shape index (κ3) is 2.69. The second kappa shape index (κ2) is 4.22. The van der Waals surface area contributed by atoms with Gasteiger partial charge in [0.2, 0.25) is 0 Å². The third-order valence-electron chi connectivity index (χ3n) is 1.62. The van der Waals surface area contributed by atoms with E-state index in [1.54, 1.807) is 6.07 Å². The van der Waals surface area contributed by atoms with E-state index in [1.807, 2.05) is 6.07 Å². The molecule has 68 valence electrons. The minimum Gasteiger partial charge on any atom is -0.323 e. The highest BCUT2D eigenvalue weighted by Crippen LogP contribution is 2.20. The van der Waals surface area contributed by atoms with Crippen molar-refractivity contribution in [3.05, 3.63) is 34.6 Å². The zero-order valence-electron chi connectivity index (χ0n) is 6.80. The van der Waals surface area contributed by atoms with Crippen molar-refractivity contribution in [3.63, 3.8) is 0 Å². The van der Waals surface area contributed by atoms with Gasteiger partial charge in [0, 0.05) is 11.1 Å². The first-order chi connectivity index (χ1) is 6.13. The van der Waals surface area contributed by atoms with Gasteiger partial charge in [-0.15, -0.1) is 0 Å². The SMILES string of the molecule is N#CC[C@H](N)c1cc(F)cc(Cl)c1. The zero-order valence-corrected chi connectivity index (χ0v) is 7.55. The van der Waals surface area contributed by atoms with Gasteiger partial charge >= 0.3 is 0 Å². The Morgan fingerprint density at radius 2 is 2.23 bits per heavy atom. The third-order valence-corrected chi connectivity index (χ3v) is 1.84. The predicted octanol–water partition coefficient (Wildman–Crippen LogP) is 2.39. The summed E-state index contributed by atoms with van der Waals surface area (Å²) in [5.41, 5.74) is 6.14. The molecule has 0 unspecified atom stereocenters. The van der Waals surface area contributed by atoms with Crippen LogP contribution in [0.3, 0.4) is 0 Å². The first-order valence-corrected chi connectivity index (χ1v) is 4.10. The van der Waals surface area contributed by atoms with E-state index in [1.165, 1.54) is 12.1 Å². The van der Waals surface area contributed by atoms with E-state index in [0.717, 1.165) is 0 Å². The maximum absolute atomic E-state index is 12.8. The van der Waals surface area contributed by atoms with Crippen molar-refractivity contribution in [1.29, 1.82) is 5.26 Å². The summed E-state index contributed by atoms with van der Waals surface area (Å²) in [6.07, 6.45) is 0.153. The van der Waals surface area contributed by atoms with Gasteiger partial charge in [-0.25, -0.2) is 4.39 Å². The lowest BCUT2D eigenvalue weighted by Crippen LogP contribution is -2.09. The van der Waals surface area contributed by atoms with E-state index in [9.17, 15) is 4.39 Å². The predicted molar refractivity (Wildman–Crippen MR) is 48.6 cm³/mol. The Balaban J connectivity index is 2.95. The van der Waals surface area contributed by atoms with Crippen LogP contribution in [0.1, 0.15) is 18.0 Å². The summed E-state index contributed by atoms with van der Waals surface area (Å²) in [6.45, 7) is 0. The van der Waals surface area contributed by atoms with Crippen molar-refractivity contribution < 1.29 is 4.39 Å². The number of nitrogens with two attached hydrogens (primary N) is 1. The molecule has 0 aliphatic rings. The molecule has 13 heavy (non-hydrogen) atoms. The normalized spacial score (nSPS) is 12.2. The summed E-state index contributed by atoms with van der Waals surface area (Å²) in [6, 6.07) is 5.49. The molecule has 1 aromatic rings. The van der Waals surface area contributed by atoms with E-state index in [4.69, 9.17) is 22.6 Å². The highest BCUT2D eigenvalue weighted by atomic mass is 35.5. The van der Waals surface area contributed by atoms with Crippen LogP contribution in [0.15, 0.2) is 18.2 Å². The molecule has 1 atom stereocenters. The summed E-state index contributed by atoms with van der Waals surface area (Å²) in [4.78, 5) is 0. The van der Waals surface area contributed by atoms with Gasteiger partial charge in [0.1, 0.15) is 5.82 Å². The van der Waals surface area contributed by atoms with Gasteiger partial charge in [0.05, 0.1) is 12.5 Å². The fraction of sp³-hybridized carbons (Fsp3) is 0.222. The molecule has 0 bridgehead atoms. The van der Waals surface area contributed by atoms with Gasteiger partial charge in [0.25, 0.3) is 0 Å². The van der Waals surface area contributed by atoms with Crippen molar-refractivity contribution in [2.75, 3.05) is 0 Å². The number of hydrogen-bond donors (Lipinski definition) is 1. The van der Waals surface area contributed by atoms with Gasteiger partial charge < -0.3 is 5.73 Å². The molecule has 4 heteroatoms. The minimum atomic E-state index is -0.474. The highest BCUT2D eigenvalue weighted by molar-refractivity contribution is 6.30. The Morgan fingerprint density at radius 3 is 2.77 bits per heavy atom. The molecule has 0 aliphatic heterocycles. The molecule has 0 heterocycles. The second-order valence-electron chi connectivity index (χ2n) is 2.67. The van der Waals surface area contributed by atoms with Crippen LogP contribution in [0.5, 0.6) is 0 Å². The lowest BCUT2D eigenvalue weighted by molar-refractivity contribution is 0.620. The van der Waals surface area contributed by atoms with Gasteiger partial charge in [-0.2, -0.15) is 5.26 Å². The maximum Gasteiger partial charge on any atom is 0.125 e. The number of nitrogens with zero attached hydrogens (tertiary/aromatic N) is 1. The smallest absolute Gasteiger partial charge is 0.125 e. The molecule has 2 nitrogen and oxygen atoms in total. The average Bonchev–Trinajstić information content (AvgIpc) is 2.03. The lowest BCUT2D eigenvalue weighted by Gasteiger charge is -2.07. The van der Waals surface area contributed by atoms with E-state index >= 15 is 0 Å². The molecular formula is C9H8ClFN2. The average molecular weight is 199 g/mol. The molecule has 2 N–H and O–H groups in total. The Bertz CT molecular complexity index is 326. The van der Waals surface area contributed by atoms with E-state index in [2.05, 4.69) is 0 Å². The topological polar surface area (TPSA) is 49.8 Å². The summed E-state index contributed by atoms with van der Waals surface area (Å²) < 4.78 is 12.8. The summed E-state index contributed by atoms with van der Waals surface area (Å²) >= 11 is 5.62. The van der Waals surface area contributed by atoms with Gasteiger partial charge in [-0.3, -0.25) is 0 Å². The summed E-state index contributed by atoms with van der Waals surface area (Å²) in [5, 5.41) is 8.67. The Morgan fingerprint density at radius 1 is 1.54 bits per heavy atom. The second-order valence-corrected chi connectivity index (χ2v) is 3.11. The van der Waals surface area contributed by atoms with Crippen LogP contribution >= 0.6 is 11.6 Å². The molecule has 0 spiro atoms. The van der Waals surface area contributed by atoms with Crippen molar-refractivity contribution >= 4 is 11.6 Å². The van der Waals surface area contributed by atoms with Crippen molar-refractivity contribution in [2.24, 2.45) is 5.73 Å². The van der Waals surface area contributed by atoms with Crippen LogP contribution in [0.25, 0.3) is 0 Å². The fourth-order valence-electron chi connectivity index (χ4n) is 1.01. The molecular weight excluding hydrogens is 191 g/mol. The lowest BCUT2D eigenvalue weighted by atomic mass is 10.1. The van der Waals surface area contributed by atoms with Crippen molar-refractivity contribution in [3.8, 4) is 6.07 Å². The first kappa shape index (κ1) is 9.97. The quantitative estimate of drug-likeness (QED) is 0.793. The van der Waals surface area contributed by atoms with Crippen LogP contribution < -0.4 is 5.73 Å². The Hall–Kier alpha value is -1.11. The zero-order chi connectivity index (χ0) is 9.84. The molecule has 0 aliphatic carbocycles. The molecule has 0 radical (unpaired) electrons. The van der Waals surface area contributed by atoms with E-state index in [-0.39, 0.29) is 6.42 Å². The van der Waals surface area contributed by atoms with Crippen LogP contribution in [0, 0.1) is 17.1 Å². The van der Waals surface area contributed by atoms with Crippen LogP contribution in [-0.4, -0.2) is 0 Å². The van der Waals surface area contributed by atoms with Crippen molar-refractivity contribution in [2.45, 2.75) is 12.5 Å². The van der Waals surface area contributed by atoms with Gasteiger partial charge in [-0.05, 0) is 23.8 Å². The Kier molecular flexibility index (Phi) is 3.24. The van der Waals surface area contributed by atoms with E-state index < -0.39 is 11.9 Å². The monoisotopic (exact) mass is 198 g/mol. The van der Waals surface area contributed by atoms with Gasteiger partial charge in [0.15, 0.2) is 0 Å². The molecule has 0 aromatic heterocycles. The first-order valence-electron chi connectivity index (χ1n) is 3.72. The molecule has 1 rings (SSSR count). The van der Waals surface area contributed by atoms with Crippen LogP contribution in [0.4, 0.5) is 4.39 Å². The standard InChI is InChI=1S/C9H8ClFN2/c10-7-3-6(4-8(11)5-7)9(13)1-2-12/h3-5,9H,1,13H2/t9-/m0/s1. The van der Waals surface area contributed by atoms with Crippen LogP contribution in [0.2, 0.25) is 5.02 Å². The number of halogens is 2. The molecule has 0 saturated heterocycles.